The first-order valence-electron chi connectivity index (χ1n) is 5.83. The average molecular weight is 200 g/mol. The number of rotatable bonds is 6. The Labute approximate surface area is 87.8 Å². The van der Waals surface area contributed by atoms with Gasteiger partial charge in [0.1, 0.15) is 0 Å². The minimum Gasteiger partial charge on any atom is -0.374 e. The molecule has 0 spiro atoms. The fourth-order valence-corrected chi connectivity index (χ4v) is 1.75. The second-order valence-electron chi connectivity index (χ2n) is 4.17. The van der Waals surface area contributed by atoms with Gasteiger partial charge in [0.25, 0.3) is 0 Å². The number of ether oxygens (including phenoxy) is 1. The van der Waals surface area contributed by atoms with E-state index in [0.717, 1.165) is 32.8 Å². The van der Waals surface area contributed by atoms with Gasteiger partial charge in [-0.05, 0) is 20.0 Å². The van der Waals surface area contributed by atoms with Crippen molar-refractivity contribution in [2.24, 2.45) is 0 Å². The summed E-state index contributed by atoms with van der Waals surface area (Å²) in [6, 6.07) is 0. The lowest BCUT2D eigenvalue weighted by Gasteiger charge is -2.30. The highest BCUT2D eigenvalue weighted by Crippen LogP contribution is 2.01. The fraction of sp³-hybridized carbons (Fsp3) is 1.00. The van der Waals surface area contributed by atoms with E-state index in [0.29, 0.717) is 6.10 Å². The van der Waals surface area contributed by atoms with Crippen molar-refractivity contribution in [3.63, 3.8) is 0 Å². The maximum absolute atomic E-state index is 5.65. The zero-order valence-electron chi connectivity index (χ0n) is 9.59. The van der Waals surface area contributed by atoms with Crippen molar-refractivity contribution in [3.8, 4) is 0 Å². The van der Waals surface area contributed by atoms with Gasteiger partial charge in [0.05, 0.1) is 12.7 Å². The predicted molar refractivity (Wildman–Crippen MR) is 59.6 cm³/mol. The standard InChI is InChI=1S/C11H24N2O/c1-3-4-5-6-12-9-11-10-13(2)7-8-14-11/h11-12H,3-10H2,1-2H3. The fourth-order valence-electron chi connectivity index (χ4n) is 1.75. The van der Waals surface area contributed by atoms with Crippen LogP contribution in [0.15, 0.2) is 0 Å². The average Bonchev–Trinajstić information content (AvgIpc) is 2.18. The summed E-state index contributed by atoms with van der Waals surface area (Å²) in [5.41, 5.74) is 0. The first kappa shape index (κ1) is 12.0. The second kappa shape index (κ2) is 7.21. The molecule has 0 saturated carbocycles. The van der Waals surface area contributed by atoms with E-state index < -0.39 is 0 Å². The van der Waals surface area contributed by atoms with Crippen LogP contribution in [0.5, 0.6) is 0 Å². The minimum atomic E-state index is 0.398. The third-order valence-electron chi connectivity index (χ3n) is 2.67. The van der Waals surface area contributed by atoms with E-state index >= 15 is 0 Å². The molecule has 1 rings (SSSR count). The van der Waals surface area contributed by atoms with Gasteiger partial charge >= 0.3 is 0 Å². The SMILES string of the molecule is CCCCCNCC1CN(C)CCO1. The van der Waals surface area contributed by atoms with Crippen LogP contribution in [0.4, 0.5) is 0 Å². The quantitative estimate of drug-likeness (QED) is 0.650. The van der Waals surface area contributed by atoms with Crippen LogP contribution in [0.25, 0.3) is 0 Å². The van der Waals surface area contributed by atoms with Gasteiger partial charge in [0.2, 0.25) is 0 Å². The van der Waals surface area contributed by atoms with Crippen molar-refractivity contribution >= 4 is 0 Å². The Balaban J connectivity index is 1.95. The van der Waals surface area contributed by atoms with E-state index in [1.165, 1.54) is 19.3 Å². The molecule has 0 radical (unpaired) electrons. The number of hydrogen-bond donors (Lipinski definition) is 1. The number of nitrogens with zero attached hydrogens (tertiary/aromatic N) is 1. The van der Waals surface area contributed by atoms with Crippen molar-refractivity contribution in [3.05, 3.63) is 0 Å². The van der Waals surface area contributed by atoms with E-state index in [-0.39, 0.29) is 0 Å². The third kappa shape index (κ3) is 4.94. The van der Waals surface area contributed by atoms with Gasteiger partial charge in [0, 0.05) is 19.6 Å². The highest BCUT2D eigenvalue weighted by atomic mass is 16.5. The predicted octanol–water partition coefficient (Wildman–Crippen LogP) is 1.10. The van der Waals surface area contributed by atoms with Crippen LogP contribution in [-0.4, -0.2) is 50.8 Å². The monoisotopic (exact) mass is 200 g/mol. The summed E-state index contributed by atoms with van der Waals surface area (Å²) >= 11 is 0. The molecular formula is C11H24N2O. The molecule has 84 valence electrons. The molecule has 0 bridgehead atoms. The van der Waals surface area contributed by atoms with E-state index in [2.05, 4.69) is 24.2 Å². The molecule has 14 heavy (non-hydrogen) atoms. The van der Waals surface area contributed by atoms with Gasteiger partial charge in [-0.1, -0.05) is 19.8 Å². The van der Waals surface area contributed by atoms with Gasteiger partial charge < -0.3 is 15.0 Å². The Morgan fingerprint density at radius 2 is 2.29 bits per heavy atom. The van der Waals surface area contributed by atoms with Crippen molar-refractivity contribution in [1.82, 2.24) is 10.2 Å². The highest BCUT2D eigenvalue weighted by molar-refractivity contribution is 4.70. The van der Waals surface area contributed by atoms with E-state index in [4.69, 9.17) is 4.74 Å². The zero-order chi connectivity index (χ0) is 10.2. The summed E-state index contributed by atoms with van der Waals surface area (Å²) in [5.74, 6) is 0. The maximum atomic E-state index is 5.65. The Morgan fingerprint density at radius 1 is 1.43 bits per heavy atom. The van der Waals surface area contributed by atoms with Crippen LogP contribution >= 0.6 is 0 Å². The molecular weight excluding hydrogens is 176 g/mol. The number of nitrogens with one attached hydrogen (secondary N) is 1. The largest absolute Gasteiger partial charge is 0.374 e. The van der Waals surface area contributed by atoms with Crippen molar-refractivity contribution < 1.29 is 4.74 Å². The molecule has 0 aromatic carbocycles. The Hall–Kier alpha value is -0.120. The normalized spacial score (nSPS) is 24.0. The summed E-state index contributed by atoms with van der Waals surface area (Å²) < 4.78 is 5.65. The molecule has 0 aliphatic carbocycles. The second-order valence-corrected chi connectivity index (χ2v) is 4.17. The number of morpholine rings is 1. The molecule has 1 fully saturated rings. The lowest BCUT2D eigenvalue weighted by atomic mass is 10.2. The lowest BCUT2D eigenvalue weighted by Crippen LogP contribution is -2.44. The molecule has 1 aliphatic heterocycles. The van der Waals surface area contributed by atoms with Gasteiger partial charge in [-0.15, -0.1) is 0 Å². The molecule has 1 N–H and O–H groups in total. The molecule has 1 saturated heterocycles. The summed E-state index contributed by atoms with van der Waals surface area (Å²) in [7, 11) is 2.16. The number of likely N-dealkylation sites (N-methyl/N-ethyl adjacent to an activating group) is 1. The topological polar surface area (TPSA) is 24.5 Å². The van der Waals surface area contributed by atoms with Gasteiger partial charge in [-0.25, -0.2) is 0 Å². The summed E-state index contributed by atoms with van der Waals surface area (Å²) in [5, 5.41) is 3.46. The van der Waals surface area contributed by atoms with Crippen LogP contribution < -0.4 is 5.32 Å². The zero-order valence-corrected chi connectivity index (χ0v) is 9.59. The van der Waals surface area contributed by atoms with E-state index in [1.54, 1.807) is 0 Å². The van der Waals surface area contributed by atoms with Gasteiger partial charge in [-0.2, -0.15) is 0 Å². The van der Waals surface area contributed by atoms with Crippen LogP contribution in [-0.2, 0) is 4.74 Å². The molecule has 0 amide bonds. The van der Waals surface area contributed by atoms with Crippen LogP contribution in [0.1, 0.15) is 26.2 Å². The molecule has 3 nitrogen and oxygen atoms in total. The van der Waals surface area contributed by atoms with E-state index in [9.17, 15) is 0 Å². The first-order chi connectivity index (χ1) is 6.83. The van der Waals surface area contributed by atoms with Gasteiger partial charge in [-0.3, -0.25) is 0 Å². The molecule has 1 heterocycles. The van der Waals surface area contributed by atoms with Crippen LogP contribution in [0, 0.1) is 0 Å². The number of unbranched alkanes of at least 4 members (excludes halogenated alkanes) is 2. The third-order valence-corrected chi connectivity index (χ3v) is 2.67. The lowest BCUT2D eigenvalue weighted by molar-refractivity contribution is -0.0180. The summed E-state index contributed by atoms with van der Waals surface area (Å²) in [6.45, 7) is 7.41. The highest BCUT2D eigenvalue weighted by Gasteiger charge is 2.16. The van der Waals surface area contributed by atoms with Crippen molar-refractivity contribution in [2.75, 3.05) is 39.8 Å². The van der Waals surface area contributed by atoms with Gasteiger partial charge in [0.15, 0.2) is 0 Å². The van der Waals surface area contributed by atoms with Crippen molar-refractivity contribution in [2.45, 2.75) is 32.3 Å². The Morgan fingerprint density at radius 3 is 3.00 bits per heavy atom. The molecule has 3 heteroatoms. The molecule has 0 aromatic rings. The summed E-state index contributed by atoms with van der Waals surface area (Å²) in [6.07, 6.45) is 4.32. The smallest absolute Gasteiger partial charge is 0.0826 e. The number of hydrogen-bond acceptors (Lipinski definition) is 3. The first-order valence-corrected chi connectivity index (χ1v) is 5.83. The maximum Gasteiger partial charge on any atom is 0.0826 e. The minimum absolute atomic E-state index is 0.398. The van der Waals surface area contributed by atoms with Crippen LogP contribution in [0.2, 0.25) is 0 Å². The van der Waals surface area contributed by atoms with E-state index in [1.807, 2.05) is 0 Å². The molecule has 1 atom stereocenters. The molecule has 1 unspecified atom stereocenters. The molecule has 1 aliphatic rings. The van der Waals surface area contributed by atoms with Crippen LogP contribution in [0.3, 0.4) is 0 Å². The Kier molecular flexibility index (Phi) is 6.15. The summed E-state index contributed by atoms with van der Waals surface area (Å²) in [4.78, 5) is 2.34. The van der Waals surface area contributed by atoms with Crippen molar-refractivity contribution in [1.29, 1.82) is 0 Å². The Bertz CT molecular complexity index is 141. The molecule has 0 aromatic heterocycles.